The molecule has 1 heterocycles. The summed E-state index contributed by atoms with van der Waals surface area (Å²) >= 11 is 13.4. The fourth-order valence-electron chi connectivity index (χ4n) is 1.54. The van der Waals surface area contributed by atoms with Gasteiger partial charge in [-0.15, -0.1) is 11.3 Å². The summed E-state index contributed by atoms with van der Waals surface area (Å²) in [7, 11) is 0. The van der Waals surface area contributed by atoms with Gasteiger partial charge in [0.2, 0.25) is 0 Å². The van der Waals surface area contributed by atoms with E-state index in [4.69, 9.17) is 27.9 Å². The zero-order valence-corrected chi connectivity index (χ0v) is 12.5. The standard InChI is InChI=1S/C13H11Cl2NO2S/c1-2-12-16-10(7-19-12)6-18-13-8(5-17)3-9(14)4-11(13)15/h3-5,7H,2,6H2,1H3. The third-order valence-electron chi connectivity index (χ3n) is 2.43. The van der Waals surface area contributed by atoms with E-state index in [0.717, 1.165) is 17.1 Å². The molecule has 0 N–H and O–H groups in total. The van der Waals surface area contributed by atoms with Crippen LogP contribution in [0.1, 0.15) is 28.0 Å². The molecular weight excluding hydrogens is 305 g/mol. The topological polar surface area (TPSA) is 39.2 Å². The number of thiazole rings is 1. The van der Waals surface area contributed by atoms with E-state index in [-0.39, 0.29) is 6.61 Å². The van der Waals surface area contributed by atoms with Crippen LogP contribution in [0.5, 0.6) is 5.75 Å². The van der Waals surface area contributed by atoms with Gasteiger partial charge in [-0.05, 0) is 18.6 Å². The maximum Gasteiger partial charge on any atom is 0.153 e. The minimum Gasteiger partial charge on any atom is -0.485 e. The molecule has 0 radical (unpaired) electrons. The van der Waals surface area contributed by atoms with Crippen LogP contribution in [0.2, 0.25) is 10.0 Å². The number of hydrogen-bond donors (Lipinski definition) is 0. The van der Waals surface area contributed by atoms with Crippen LogP contribution >= 0.6 is 34.5 Å². The van der Waals surface area contributed by atoms with E-state index in [0.29, 0.717) is 27.6 Å². The monoisotopic (exact) mass is 315 g/mol. The fraction of sp³-hybridized carbons (Fsp3) is 0.231. The molecule has 1 aromatic heterocycles. The number of carbonyl (C=O) groups excluding carboxylic acids is 1. The van der Waals surface area contributed by atoms with Crippen molar-refractivity contribution in [2.24, 2.45) is 0 Å². The summed E-state index contributed by atoms with van der Waals surface area (Å²) in [5, 5.41) is 3.71. The first-order valence-corrected chi connectivity index (χ1v) is 7.28. The van der Waals surface area contributed by atoms with E-state index in [1.54, 1.807) is 17.4 Å². The van der Waals surface area contributed by atoms with E-state index >= 15 is 0 Å². The minimum absolute atomic E-state index is 0.276. The molecule has 2 rings (SSSR count). The Hall–Kier alpha value is -1.10. The first-order valence-electron chi connectivity index (χ1n) is 5.64. The molecule has 100 valence electrons. The fourth-order valence-corrected chi connectivity index (χ4v) is 2.84. The minimum atomic E-state index is 0.276. The predicted molar refractivity (Wildman–Crippen MR) is 77.7 cm³/mol. The SMILES string of the molecule is CCc1nc(COc2c(Cl)cc(Cl)cc2C=O)cs1. The molecule has 0 atom stereocenters. The lowest BCUT2D eigenvalue weighted by Gasteiger charge is -2.09. The van der Waals surface area contributed by atoms with Crippen molar-refractivity contribution in [2.75, 3.05) is 0 Å². The van der Waals surface area contributed by atoms with E-state index < -0.39 is 0 Å². The molecule has 2 aromatic rings. The smallest absolute Gasteiger partial charge is 0.153 e. The van der Waals surface area contributed by atoms with Crippen LogP contribution in [0.25, 0.3) is 0 Å². The third-order valence-corrected chi connectivity index (χ3v) is 3.97. The highest BCUT2D eigenvalue weighted by Crippen LogP contribution is 2.32. The van der Waals surface area contributed by atoms with Crippen LogP contribution in [-0.2, 0) is 13.0 Å². The number of aldehydes is 1. The Bertz CT molecular complexity index is 598. The second kappa shape index (κ2) is 6.37. The summed E-state index contributed by atoms with van der Waals surface area (Å²) in [6.45, 7) is 2.32. The van der Waals surface area contributed by atoms with Crippen molar-refractivity contribution in [1.29, 1.82) is 0 Å². The average Bonchev–Trinajstić information content (AvgIpc) is 2.84. The Kier molecular flexibility index (Phi) is 4.80. The number of benzene rings is 1. The summed E-state index contributed by atoms with van der Waals surface area (Å²) in [5.41, 5.74) is 1.16. The number of rotatable bonds is 5. The lowest BCUT2D eigenvalue weighted by Crippen LogP contribution is -2.00. The molecule has 0 aliphatic heterocycles. The molecule has 6 heteroatoms. The van der Waals surface area contributed by atoms with Gasteiger partial charge in [0.25, 0.3) is 0 Å². The Morgan fingerprint density at radius 3 is 2.84 bits per heavy atom. The van der Waals surface area contributed by atoms with E-state index in [1.807, 2.05) is 12.3 Å². The van der Waals surface area contributed by atoms with Crippen molar-refractivity contribution in [3.63, 3.8) is 0 Å². The number of ether oxygens (including phenoxy) is 1. The van der Waals surface area contributed by atoms with Crippen LogP contribution in [0.4, 0.5) is 0 Å². The molecule has 0 fully saturated rings. The molecule has 0 aliphatic rings. The van der Waals surface area contributed by atoms with Crippen LogP contribution in [-0.4, -0.2) is 11.3 Å². The average molecular weight is 316 g/mol. The summed E-state index contributed by atoms with van der Waals surface area (Å²) in [4.78, 5) is 15.4. The molecule has 3 nitrogen and oxygen atoms in total. The molecular formula is C13H11Cl2NO2S. The highest BCUT2D eigenvalue weighted by Gasteiger charge is 2.11. The molecule has 1 aromatic carbocycles. The second-order valence-corrected chi connectivity index (χ2v) is 5.58. The van der Waals surface area contributed by atoms with Gasteiger partial charge in [0.05, 0.1) is 21.3 Å². The second-order valence-electron chi connectivity index (χ2n) is 3.80. The lowest BCUT2D eigenvalue weighted by molar-refractivity contribution is 0.111. The van der Waals surface area contributed by atoms with Gasteiger partial charge in [-0.25, -0.2) is 4.98 Å². The molecule has 0 unspecified atom stereocenters. The normalized spacial score (nSPS) is 10.5. The van der Waals surface area contributed by atoms with Crippen LogP contribution in [0.3, 0.4) is 0 Å². The maximum atomic E-state index is 11.0. The van der Waals surface area contributed by atoms with E-state index in [1.165, 1.54) is 6.07 Å². The summed E-state index contributed by atoms with van der Waals surface area (Å²) in [5.74, 6) is 0.340. The number of halogens is 2. The van der Waals surface area contributed by atoms with Crippen LogP contribution < -0.4 is 4.74 Å². The van der Waals surface area contributed by atoms with Gasteiger partial charge in [-0.3, -0.25) is 4.79 Å². The van der Waals surface area contributed by atoms with Crippen molar-refractivity contribution < 1.29 is 9.53 Å². The highest BCUT2D eigenvalue weighted by atomic mass is 35.5. The number of carbonyl (C=O) groups is 1. The van der Waals surface area contributed by atoms with Crippen molar-refractivity contribution in [3.05, 3.63) is 43.8 Å². The molecule has 0 aliphatic carbocycles. The van der Waals surface area contributed by atoms with Gasteiger partial charge in [0.15, 0.2) is 6.29 Å². The zero-order chi connectivity index (χ0) is 13.8. The largest absolute Gasteiger partial charge is 0.485 e. The molecule has 0 saturated carbocycles. The Balaban J connectivity index is 2.17. The molecule has 0 spiro atoms. The van der Waals surface area contributed by atoms with Crippen molar-refractivity contribution in [2.45, 2.75) is 20.0 Å². The quantitative estimate of drug-likeness (QED) is 0.767. The molecule has 0 saturated heterocycles. The lowest BCUT2D eigenvalue weighted by atomic mass is 10.2. The number of hydrogen-bond acceptors (Lipinski definition) is 4. The number of aryl methyl sites for hydroxylation is 1. The van der Waals surface area contributed by atoms with Gasteiger partial charge >= 0.3 is 0 Å². The van der Waals surface area contributed by atoms with Gasteiger partial charge in [-0.2, -0.15) is 0 Å². The van der Waals surface area contributed by atoms with Gasteiger partial charge < -0.3 is 4.74 Å². The van der Waals surface area contributed by atoms with Crippen molar-refractivity contribution >= 4 is 40.8 Å². The number of nitrogens with zero attached hydrogens (tertiary/aromatic N) is 1. The van der Waals surface area contributed by atoms with Gasteiger partial charge in [0.1, 0.15) is 12.4 Å². The van der Waals surface area contributed by atoms with E-state index in [2.05, 4.69) is 4.98 Å². The third kappa shape index (κ3) is 3.47. The molecule has 0 bridgehead atoms. The number of aromatic nitrogens is 1. The van der Waals surface area contributed by atoms with Crippen molar-refractivity contribution in [3.8, 4) is 5.75 Å². The summed E-state index contributed by atoms with van der Waals surface area (Å²) < 4.78 is 5.58. The van der Waals surface area contributed by atoms with E-state index in [9.17, 15) is 4.79 Å². The summed E-state index contributed by atoms with van der Waals surface area (Å²) in [6, 6.07) is 3.07. The zero-order valence-electron chi connectivity index (χ0n) is 10.2. The van der Waals surface area contributed by atoms with Crippen LogP contribution in [0, 0.1) is 0 Å². The maximum absolute atomic E-state index is 11.0. The predicted octanol–water partition coefficient (Wildman–Crippen LogP) is 4.40. The van der Waals surface area contributed by atoms with Gasteiger partial charge in [-0.1, -0.05) is 30.1 Å². The first-order chi connectivity index (χ1) is 9.13. The highest BCUT2D eigenvalue weighted by molar-refractivity contribution is 7.09. The van der Waals surface area contributed by atoms with Gasteiger partial charge in [0, 0.05) is 10.4 Å². The molecule has 19 heavy (non-hydrogen) atoms. The van der Waals surface area contributed by atoms with Crippen molar-refractivity contribution in [1.82, 2.24) is 4.98 Å². The molecule has 0 amide bonds. The Morgan fingerprint density at radius 2 is 2.21 bits per heavy atom. The summed E-state index contributed by atoms with van der Waals surface area (Å²) in [6.07, 6.45) is 1.57. The van der Waals surface area contributed by atoms with Crippen LogP contribution in [0.15, 0.2) is 17.5 Å². The Labute approximate surface area is 125 Å². The first kappa shape index (κ1) is 14.3. The Morgan fingerprint density at radius 1 is 1.42 bits per heavy atom.